The fourth-order valence-corrected chi connectivity index (χ4v) is 6.73. The van der Waals surface area contributed by atoms with Gasteiger partial charge in [-0.25, -0.2) is 0 Å². The molecule has 0 amide bonds. The van der Waals surface area contributed by atoms with Gasteiger partial charge in [0, 0.05) is 11.1 Å². The Balaban J connectivity index is 1.44. The molecule has 2 aliphatic heterocycles. The highest BCUT2D eigenvalue weighted by molar-refractivity contribution is 5.82. The number of hydrogen-bond acceptors (Lipinski definition) is 12. The number of phenolic OH excluding ortho intramolecular Hbond substituents is 3. The van der Waals surface area contributed by atoms with Gasteiger partial charge in [-0.1, -0.05) is 0 Å². The summed E-state index contributed by atoms with van der Waals surface area (Å²) in [6, 6.07) is 10.5. The molecule has 0 saturated carbocycles. The SMILES string of the molecule is COc1cc(-c2cc(OC)c(O)c3c2CCC(c2cc(OC)c(OC)c(OC)c2)O3)c2c(c1O)OC(c1cc(O)c(OC)c(OC)c1)CC2. The van der Waals surface area contributed by atoms with E-state index in [9.17, 15) is 15.3 Å². The topological polar surface area (TPSA) is 144 Å². The molecule has 12 heteroatoms. The summed E-state index contributed by atoms with van der Waals surface area (Å²) in [4.78, 5) is 0. The average Bonchev–Trinajstić information content (AvgIpc) is 3.14. The number of benzene rings is 4. The molecule has 0 fully saturated rings. The quantitative estimate of drug-likeness (QED) is 0.165. The van der Waals surface area contributed by atoms with Gasteiger partial charge < -0.3 is 58.0 Å². The lowest BCUT2D eigenvalue weighted by Crippen LogP contribution is -2.18. The van der Waals surface area contributed by atoms with Gasteiger partial charge in [-0.15, -0.1) is 0 Å². The van der Waals surface area contributed by atoms with Gasteiger partial charge in [0.2, 0.25) is 23.0 Å². The summed E-state index contributed by atoms with van der Waals surface area (Å²) in [7, 11) is 10.5. The van der Waals surface area contributed by atoms with Crippen LogP contribution in [0.25, 0.3) is 11.1 Å². The Bertz CT molecular complexity index is 1860. The van der Waals surface area contributed by atoms with Crippen LogP contribution in [0.3, 0.4) is 0 Å². The van der Waals surface area contributed by atoms with Gasteiger partial charge in [0.25, 0.3) is 0 Å². The zero-order chi connectivity index (χ0) is 35.0. The molecule has 4 aromatic rings. The van der Waals surface area contributed by atoms with Crippen molar-refractivity contribution in [2.45, 2.75) is 37.9 Å². The van der Waals surface area contributed by atoms with Crippen molar-refractivity contribution >= 4 is 0 Å². The van der Waals surface area contributed by atoms with Crippen LogP contribution in [0.4, 0.5) is 0 Å². The van der Waals surface area contributed by atoms with Crippen LogP contribution in [0.5, 0.6) is 69.0 Å². The van der Waals surface area contributed by atoms with Crippen LogP contribution >= 0.6 is 0 Å². The summed E-state index contributed by atoms with van der Waals surface area (Å²) in [5.41, 5.74) is 4.44. The van der Waals surface area contributed by atoms with Crippen LogP contribution in [-0.2, 0) is 12.8 Å². The molecular weight excluding hydrogens is 636 g/mol. The second-order valence-electron chi connectivity index (χ2n) is 11.6. The zero-order valence-electron chi connectivity index (χ0n) is 28.5. The van der Waals surface area contributed by atoms with Gasteiger partial charge in [-0.3, -0.25) is 0 Å². The molecule has 4 aromatic carbocycles. The van der Waals surface area contributed by atoms with E-state index in [1.165, 1.54) is 28.4 Å². The zero-order valence-corrected chi connectivity index (χ0v) is 28.5. The molecule has 2 unspecified atom stereocenters. The van der Waals surface area contributed by atoms with Crippen LogP contribution in [0, 0.1) is 0 Å². The van der Waals surface area contributed by atoms with E-state index in [1.807, 2.05) is 12.1 Å². The third-order valence-electron chi connectivity index (χ3n) is 9.12. The van der Waals surface area contributed by atoms with E-state index in [-0.39, 0.29) is 46.0 Å². The van der Waals surface area contributed by atoms with Crippen molar-refractivity contribution in [2.24, 2.45) is 0 Å². The lowest BCUT2D eigenvalue weighted by Gasteiger charge is -2.32. The minimum absolute atomic E-state index is 0.0885. The number of fused-ring (bicyclic) bond motifs is 2. The third-order valence-corrected chi connectivity index (χ3v) is 9.12. The Hall–Kier alpha value is -5.52. The van der Waals surface area contributed by atoms with E-state index in [2.05, 4.69) is 0 Å². The Kier molecular flexibility index (Phi) is 9.22. The molecule has 0 radical (unpaired) electrons. The van der Waals surface area contributed by atoms with Crippen molar-refractivity contribution in [1.82, 2.24) is 0 Å². The van der Waals surface area contributed by atoms with Crippen molar-refractivity contribution in [3.8, 4) is 80.1 Å². The van der Waals surface area contributed by atoms with Crippen molar-refractivity contribution < 1.29 is 58.0 Å². The maximum atomic E-state index is 11.4. The van der Waals surface area contributed by atoms with Gasteiger partial charge in [0.05, 0.1) is 49.8 Å². The molecule has 0 aliphatic carbocycles. The first kappa shape index (κ1) is 33.4. The molecule has 2 aliphatic rings. The van der Waals surface area contributed by atoms with E-state index in [4.69, 9.17) is 42.6 Å². The van der Waals surface area contributed by atoms with Gasteiger partial charge in [0.1, 0.15) is 12.2 Å². The summed E-state index contributed by atoms with van der Waals surface area (Å²) >= 11 is 0. The third kappa shape index (κ3) is 5.70. The second-order valence-corrected chi connectivity index (χ2v) is 11.6. The first-order valence-corrected chi connectivity index (χ1v) is 15.7. The average molecular weight is 677 g/mol. The molecule has 2 heterocycles. The van der Waals surface area contributed by atoms with Crippen LogP contribution < -0.4 is 42.6 Å². The van der Waals surface area contributed by atoms with Crippen LogP contribution in [0.2, 0.25) is 0 Å². The van der Waals surface area contributed by atoms with E-state index in [1.54, 1.807) is 45.6 Å². The van der Waals surface area contributed by atoms with Crippen molar-refractivity contribution in [2.75, 3.05) is 49.8 Å². The Morgan fingerprint density at radius 1 is 0.490 bits per heavy atom. The largest absolute Gasteiger partial charge is 0.504 e. The predicted molar refractivity (Wildman–Crippen MR) is 179 cm³/mol. The predicted octanol–water partition coefficient (Wildman–Crippen LogP) is 6.66. The molecule has 12 nitrogen and oxygen atoms in total. The summed E-state index contributed by atoms with van der Waals surface area (Å²) in [6.07, 6.45) is 1.18. The van der Waals surface area contributed by atoms with E-state index in [0.29, 0.717) is 54.2 Å². The first-order chi connectivity index (χ1) is 23.7. The molecule has 3 N–H and O–H groups in total. The maximum Gasteiger partial charge on any atom is 0.203 e. The fraction of sp³-hybridized carbons (Fsp3) is 0.351. The van der Waals surface area contributed by atoms with Gasteiger partial charge in [-0.05, 0) is 84.3 Å². The lowest BCUT2D eigenvalue weighted by molar-refractivity contribution is 0.166. The standard InChI is InChI=1S/C37H40O12/c1-41-27-16-22(20-8-10-25(48-34(20)32(27)39)18-12-24(38)36(46-6)29(13-18)43-3)23-17-28(42-2)33(40)35-21(23)9-11-26(49-35)19-14-30(44-4)37(47-7)31(15-19)45-5/h12-17,25-26,38-40H,8-11H2,1-7H3. The Labute approximate surface area is 284 Å². The lowest BCUT2D eigenvalue weighted by atomic mass is 9.85. The number of phenols is 3. The fourth-order valence-electron chi connectivity index (χ4n) is 6.73. The monoisotopic (exact) mass is 676 g/mol. The number of rotatable bonds is 10. The van der Waals surface area contributed by atoms with E-state index >= 15 is 0 Å². The molecule has 260 valence electrons. The van der Waals surface area contributed by atoms with E-state index in [0.717, 1.165) is 27.8 Å². The van der Waals surface area contributed by atoms with E-state index < -0.39 is 12.2 Å². The molecule has 0 aromatic heterocycles. The summed E-state index contributed by atoms with van der Waals surface area (Å²) in [5.74, 6) is 2.64. The number of ether oxygens (including phenoxy) is 9. The second kappa shape index (κ2) is 13.5. The minimum Gasteiger partial charge on any atom is -0.504 e. The first-order valence-electron chi connectivity index (χ1n) is 15.7. The number of aromatic hydroxyl groups is 3. The maximum absolute atomic E-state index is 11.4. The molecule has 2 atom stereocenters. The summed E-state index contributed by atoms with van der Waals surface area (Å²) in [6.45, 7) is 0. The van der Waals surface area contributed by atoms with Crippen LogP contribution in [0.1, 0.15) is 47.3 Å². The summed E-state index contributed by atoms with van der Waals surface area (Å²) in [5, 5.41) is 33.3. The normalized spacial score (nSPS) is 16.3. The molecular formula is C37H40O12. The Morgan fingerprint density at radius 2 is 0.878 bits per heavy atom. The van der Waals surface area contributed by atoms with Crippen molar-refractivity contribution in [3.05, 3.63) is 58.7 Å². The molecule has 0 bridgehead atoms. The number of hydrogen-bond donors (Lipinski definition) is 3. The molecule has 6 rings (SSSR count). The number of methoxy groups -OCH3 is 7. The molecule has 49 heavy (non-hydrogen) atoms. The van der Waals surface area contributed by atoms with Crippen molar-refractivity contribution in [1.29, 1.82) is 0 Å². The molecule has 0 spiro atoms. The molecule has 0 saturated heterocycles. The Morgan fingerprint density at radius 3 is 1.27 bits per heavy atom. The smallest absolute Gasteiger partial charge is 0.203 e. The minimum atomic E-state index is -0.519. The highest BCUT2D eigenvalue weighted by atomic mass is 16.5. The highest BCUT2D eigenvalue weighted by Crippen LogP contribution is 2.55. The van der Waals surface area contributed by atoms with Gasteiger partial charge in [0.15, 0.2) is 46.0 Å². The summed E-state index contributed by atoms with van der Waals surface area (Å²) < 4.78 is 51.6. The van der Waals surface area contributed by atoms with Gasteiger partial charge >= 0.3 is 0 Å². The highest BCUT2D eigenvalue weighted by Gasteiger charge is 2.34. The van der Waals surface area contributed by atoms with Crippen molar-refractivity contribution in [3.63, 3.8) is 0 Å². The van der Waals surface area contributed by atoms with Gasteiger partial charge in [-0.2, -0.15) is 0 Å². The van der Waals surface area contributed by atoms with Crippen LogP contribution in [0.15, 0.2) is 36.4 Å². The van der Waals surface area contributed by atoms with Crippen LogP contribution in [-0.4, -0.2) is 65.1 Å².